The van der Waals surface area contributed by atoms with Crippen LogP contribution in [-0.2, 0) is 20.7 Å². The SMILES string of the molecule is [2H]C([2H])([2H])C(=O)N(c1ccccc1)C1(C(=O)OC)CCN(CCc2ccccc2)CC1. The van der Waals surface area contributed by atoms with Crippen LogP contribution in [0.2, 0.25) is 0 Å². The van der Waals surface area contributed by atoms with Gasteiger partial charge in [-0.15, -0.1) is 0 Å². The largest absolute Gasteiger partial charge is 0.467 e. The van der Waals surface area contributed by atoms with Crippen molar-refractivity contribution in [2.45, 2.75) is 31.7 Å². The van der Waals surface area contributed by atoms with E-state index in [2.05, 4.69) is 17.0 Å². The Labute approximate surface area is 171 Å². The smallest absolute Gasteiger partial charge is 0.332 e. The zero-order chi connectivity index (χ0) is 22.5. The lowest BCUT2D eigenvalue weighted by atomic mass is 9.84. The van der Waals surface area contributed by atoms with E-state index in [0.717, 1.165) is 17.9 Å². The summed E-state index contributed by atoms with van der Waals surface area (Å²) in [6, 6.07) is 18.7. The lowest BCUT2D eigenvalue weighted by molar-refractivity contribution is -0.150. The van der Waals surface area contributed by atoms with Crippen molar-refractivity contribution in [3.05, 3.63) is 66.2 Å². The summed E-state index contributed by atoms with van der Waals surface area (Å²) in [7, 11) is 1.27. The van der Waals surface area contributed by atoms with Gasteiger partial charge in [-0.2, -0.15) is 0 Å². The lowest BCUT2D eigenvalue weighted by Gasteiger charge is -2.46. The number of benzene rings is 2. The predicted molar refractivity (Wildman–Crippen MR) is 110 cm³/mol. The number of ether oxygens (including phenoxy) is 1. The quantitative estimate of drug-likeness (QED) is 0.719. The highest BCUT2D eigenvalue weighted by Gasteiger charge is 2.49. The molecule has 1 fully saturated rings. The molecule has 5 heteroatoms. The molecule has 0 radical (unpaired) electrons. The highest BCUT2D eigenvalue weighted by atomic mass is 16.5. The first-order chi connectivity index (χ1) is 14.8. The molecule has 1 heterocycles. The number of anilines is 1. The lowest BCUT2D eigenvalue weighted by Crippen LogP contribution is -2.62. The number of para-hydroxylation sites is 1. The van der Waals surface area contributed by atoms with E-state index in [1.165, 1.54) is 12.7 Å². The molecular formula is C23H28N2O3. The minimum absolute atomic E-state index is 0.297. The maximum Gasteiger partial charge on any atom is 0.332 e. The minimum atomic E-state index is -2.87. The van der Waals surface area contributed by atoms with Gasteiger partial charge in [0.25, 0.3) is 0 Å². The van der Waals surface area contributed by atoms with Gasteiger partial charge in [0.05, 0.1) is 7.11 Å². The Morgan fingerprint density at radius 3 is 2.25 bits per heavy atom. The van der Waals surface area contributed by atoms with Crippen molar-refractivity contribution in [1.82, 2.24) is 4.90 Å². The van der Waals surface area contributed by atoms with E-state index in [0.29, 0.717) is 31.6 Å². The topological polar surface area (TPSA) is 49.9 Å². The molecular weight excluding hydrogens is 352 g/mol. The van der Waals surface area contributed by atoms with E-state index in [1.807, 2.05) is 18.2 Å². The number of carbonyl (C=O) groups excluding carboxylic acids is 2. The molecule has 0 saturated carbocycles. The van der Waals surface area contributed by atoms with Crippen LogP contribution in [0.15, 0.2) is 60.7 Å². The molecule has 0 atom stereocenters. The Morgan fingerprint density at radius 2 is 1.68 bits per heavy atom. The van der Waals surface area contributed by atoms with Crippen LogP contribution in [0.1, 0.15) is 29.4 Å². The zero-order valence-electron chi connectivity index (χ0n) is 19.1. The summed E-state index contributed by atoms with van der Waals surface area (Å²) < 4.78 is 28.2. The molecule has 2 aromatic carbocycles. The number of methoxy groups -OCH3 is 1. The van der Waals surface area contributed by atoms with Gasteiger partial charge in [-0.05, 0) is 37.0 Å². The molecule has 3 rings (SSSR count). The minimum Gasteiger partial charge on any atom is -0.467 e. The average Bonchev–Trinajstić information content (AvgIpc) is 2.79. The van der Waals surface area contributed by atoms with E-state index in [1.54, 1.807) is 30.3 Å². The van der Waals surface area contributed by atoms with Gasteiger partial charge in [0.1, 0.15) is 5.54 Å². The summed E-state index contributed by atoms with van der Waals surface area (Å²) in [5, 5.41) is 0. The molecule has 0 N–H and O–H groups in total. The van der Waals surface area contributed by atoms with E-state index < -0.39 is 24.3 Å². The Hall–Kier alpha value is -2.66. The van der Waals surface area contributed by atoms with Crippen molar-refractivity contribution in [2.75, 3.05) is 31.6 Å². The molecule has 0 spiro atoms. The summed E-state index contributed by atoms with van der Waals surface area (Å²) >= 11 is 0. The van der Waals surface area contributed by atoms with Crippen LogP contribution in [0.3, 0.4) is 0 Å². The number of hydrogen-bond acceptors (Lipinski definition) is 4. The van der Waals surface area contributed by atoms with E-state index in [9.17, 15) is 9.59 Å². The molecule has 5 nitrogen and oxygen atoms in total. The Balaban J connectivity index is 1.85. The second kappa shape index (κ2) is 9.02. The molecule has 1 amide bonds. The van der Waals surface area contributed by atoms with Gasteiger partial charge in [0, 0.05) is 36.3 Å². The van der Waals surface area contributed by atoms with Crippen molar-refractivity contribution < 1.29 is 18.4 Å². The van der Waals surface area contributed by atoms with E-state index in [-0.39, 0.29) is 0 Å². The van der Waals surface area contributed by atoms with Crippen LogP contribution in [0, 0.1) is 0 Å². The number of rotatable bonds is 6. The van der Waals surface area contributed by atoms with Gasteiger partial charge >= 0.3 is 5.97 Å². The molecule has 28 heavy (non-hydrogen) atoms. The third-order valence-corrected chi connectivity index (χ3v) is 5.45. The maximum atomic E-state index is 13.0. The molecule has 1 aliphatic rings. The van der Waals surface area contributed by atoms with Gasteiger partial charge in [-0.1, -0.05) is 48.5 Å². The third kappa shape index (κ3) is 4.25. The highest BCUT2D eigenvalue weighted by Crippen LogP contribution is 2.34. The normalized spacial score (nSPS) is 18.4. The standard InChI is InChI=1S/C23H28N2O3/c1-19(26)25(21-11-7-4-8-12-21)23(22(27)28-2)14-17-24(18-15-23)16-13-20-9-5-3-6-10-20/h3-12H,13-18H2,1-2H3/i1D3. The number of likely N-dealkylation sites (tertiary alicyclic amines) is 1. The fourth-order valence-corrected chi connectivity index (χ4v) is 3.92. The van der Waals surface area contributed by atoms with Gasteiger partial charge < -0.3 is 9.64 Å². The summed E-state index contributed by atoms with van der Waals surface area (Å²) in [5.41, 5.74) is 0.257. The first-order valence-corrected chi connectivity index (χ1v) is 9.52. The van der Waals surface area contributed by atoms with Crippen molar-refractivity contribution in [2.24, 2.45) is 0 Å². The monoisotopic (exact) mass is 383 g/mol. The fraction of sp³-hybridized carbons (Fsp3) is 0.391. The van der Waals surface area contributed by atoms with Crippen LogP contribution in [-0.4, -0.2) is 49.1 Å². The van der Waals surface area contributed by atoms with E-state index in [4.69, 9.17) is 8.85 Å². The van der Waals surface area contributed by atoms with Crippen LogP contribution >= 0.6 is 0 Å². The van der Waals surface area contributed by atoms with Crippen LogP contribution in [0.25, 0.3) is 0 Å². The summed E-state index contributed by atoms with van der Waals surface area (Å²) in [5.74, 6) is -1.65. The van der Waals surface area contributed by atoms with Gasteiger partial charge in [-0.3, -0.25) is 9.69 Å². The third-order valence-electron chi connectivity index (χ3n) is 5.45. The predicted octanol–water partition coefficient (Wildman–Crippen LogP) is 3.29. The first-order valence-electron chi connectivity index (χ1n) is 11.0. The van der Waals surface area contributed by atoms with Gasteiger partial charge in [0.15, 0.2) is 0 Å². The van der Waals surface area contributed by atoms with Gasteiger partial charge in [-0.25, -0.2) is 4.79 Å². The summed E-state index contributed by atoms with van der Waals surface area (Å²) in [6.45, 7) is -0.944. The molecule has 0 aromatic heterocycles. The summed E-state index contributed by atoms with van der Waals surface area (Å²) in [6.07, 6.45) is 1.47. The molecule has 1 aliphatic heterocycles. The second-order valence-electron chi connectivity index (χ2n) is 7.08. The van der Waals surface area contributed by atoms with E-state index >= 15 is 0 Å². The summed E-state index contributed by atoms with van der Waals surface area (Å²) in [4.78, 5) is 29.4. The zero-order valence-corrected chi connectivity index (χ0v) is 16.1. The Morgan fingerprint density at radius 1 is 1.07 bits per heavy atom. The number of amides is 1. The Bertz CT molecular complexity index is 880. The molecule has 0 unspecified atom stereocenters. The highest BCUT2D eigenvalue weighted by molar-refractivity contribution is 6.01. The number of piperidine rings is 1. The van der Waals surface area contributed by atoms with Gasteiger partial charge in [0.2, 0.25) is 5.91 Å². The van der Waals surface area contributed by atoms with Crippen molar-refractivity contribution in [3.8, 4) is 0 Å². The second-order valence-corrected chi connectivity index (χ2v) is 7.08. The number of nitrogens with zero attached hydrogens (tertiary/aromatic N) is 2. The van der Waals surface area contributed by atoms with Crippen molar-refractivity contribution >= 4 is 17.6 Å². The fourth-order valence-electron chi connectivity index (χ4n) is 3.92. The molecule has 1 saturated heterocycles. The first kappa shape index (κ1) is 16.3. The van der Waals surface area contributed by atoms with Crippen molar-refractivity contribution in [3.63, 3.8) is 0 Å². The molecule has 148 valence electrons. The Kier molecular flexibility index (Phi) is 5.25. The molecule has 0 bridgehead atoms. The maximum absolute atomic E-state index is 13.0. The molecule has 0 aliphatic carbocycles. The van der Waals surface area contributed by atoms with Crippen LogP contribution in [0.4, 0.5) is 5.69 Å². The van der Waals surface area contributed by atoms with Crippen molar-refractivity contribution in [1.29, 1.82) is 0 Å². The van der Waals surface area contributed by atoms with Crippen LogP contribution in [0.5, 0.6) is 0 Å². The van der Waals surface area contributed by atoms with Crippen LogP contribution < -0.4 is 4.90 Å². The number of hydrogen-bond donors (Lipinski definition) is 0. The molecule has 2 aromatic rings. The average molecular weight is 384 g/mol. The number of carbonyl (C=O) groups is 2. The number of esters is 1.